The van der Waals surface area contributed by atoms with Crippen molar-refractivity contribution in [1.82, 2.24) is 5.32 Å². The maximum Gasteiger partial charge on any atom is 0.251 e. The molecule has 0 radical (unpaired) electrons. The van der Waals surface area contributed by atoms with Crippen molar-refractivity contribution >= 4 is 11.7 Å². The molecule has 0 unspecified atom stereocenters. The number of nitrogens with two attached hydrogens (primary N) is 1. The zero-order valence-corrected chi connectivity index (χ0v) is 18.1. The molecule has 6 nitrogen and oxygen atoms in total. The van der Waals surface area contributed by atoms with E-state index >= 15 is 0 Å². The highest BCUT2D eigenvalue weighted by Gasteiger charge is 2.25. The average Bonchev–Trinajstić information content (AvgIpc) is 2.81. The van der Waals surface area contributed by atoms with Gasteiger partial charge in [0.05, 0.1) is 6.10 Å². The van der Waals surface area contributed by atoms with Crippen molar-refractivity contribution in [2.75, 3.05) is 13.2 Å². The summed E-state index contributed by atoms with van der Waals surface area (Å²) < 4.78 is 0. The smallest absolute Gasteiger partial charge is 0.251 e. The van der Waals surface area contributed by atoms with E-state index in [0.29, 0.717) is 17.7 Å². The third-order valence-corrected chi connectivity index (χ3v) is 4.77. The van der Waals surface area contributed by atoms with Crippen LogP contribution in [-0.2, 0) is 11.2 Å². The number of carbonyl (C=O) groups is 2. The van der Waals surface area contributed by atoms with Crippen molar-refractivity contribution in [2.24, 2.45) is 5.73 Å². The lowest BCUT2D eigenvalue weighted by Gasteiger charge is -2.19. The van der Waals surface area contributed by atoms with Gasteiger partial charge in [0, 0.05) is 16.7 Å². The van der Waals surface area contributed by atoms with Crippen LogP contribution in [0.15, 0.2) is 48.5 Å². The van der Waals surface area contributed by atoms with Crippen molar-refractivity contribution in [1.29, 1.82) is 0 Å². The Labute approximate surface area is 188 Å². The number of aliphatic hydroxyl groups is 2. The molecular weight excluding hydrogens is 404 g/mol. The average molecular weight is 433 g/mol. The largest absolute Gasteiger partial charge is 0.391 e. The van der Waals surface area contributed by atoms with Crippen molar-refractivity contribution in [3.8, 4) is 23.7 Å². The number of rotatable bonds is 9. The minimum absolute atomic E-state index is 0.310. The third-order valence-electron chi connectivity index (χ3n) is 4.77. The van der Waals surface area contributed by atoms with Crippen LogP contribution in [0.25, 0.3) is 0 Å². The van der Waals surface area contributed by atoms with E-state index in [2.05, 4.69) is 41.1 Å². The Morgan fingerprint density at radius 3 is 2.03 bits per heavy atom. The molecule has 2 aromatic carbocycles. The predicted octanol–water partition coefficient (Wildman–Crippen LogP) is 1.41. The predicted molar refractivity (Wildman–Crippen MR) is 124 cm³/mol. The van der Waals surface area contributed by atoms with Gasteiger partial charge in [0.1, 0.15) is 12.6 Å². The maximum atomic E-state index is 12.3. The number of amides is 1. The van der Waals surface area contributed by atoms with E-state index in [0.717, 1.165) is 24.8 Å². The van der Waals surface area contributed by atoms with E-state index in [1.165, 1.54) is 12.5 Å². The summed E-state index contributed by atoms with van der Waals surface area (Å²) in [6, 6.07) is 13.4. The van der Waals surface area contributed by atoms with Crippen LogP contribution < -0.4 is 11.1 Å². The monoisotopic (exact) mass is 432 g/mol. The highest BCUT2D eigenvalue weighted by atomic mass is 16.3. The van der Waals surface area contributed by atoms with Gasteiger partial charge < -0.3 is 21.3 Å². The van der Waals surface area contributed by atoms with Crippen LogP contribution in [0.1, 0.15) is 46.8 Å². The SMILES string of the molecule is C[C@@H](O)[C@H](NC(=O)c1ccc(C#CC#Cc2ccc(CCCCN)cc2)cc1)C(=O)CO. The standard InChI is InChI=1S/C26H28N2O4/c1-19(30)25(24(31)18-29)28-26(32)23-15-13-22(14-16-23)7-3-2-6-20-9-11-21(12-10-20)8-4-5-17-27/h9-16,19,25,29-30H,4-5,8,17-18,27H2,1H3,(H,28,32)/t19-,25+/m1/s1. The first-order valence-electron chi connectivity index (χ1n) is 10.5. The Morgan fingerprint density at radius 1 is 0.969 bits per heavy atom. The lowest BCUT2D eigenvalue weighted by molar-refractivity contribution is -0.125. The fourth-order valence-electron chi connectivity index (χ4n) is 2.93. The third kappa shape index (κ3) is 8.02. The number of hydrogen-bond acceptors (Lipinski definition) is 5. The molecule has 32 heavy (non-hydrogen) atoms. The molecule has 1 amide bonds. The Morgan fingerprint density at radius 2 is 1.53 bits per heavy atom. The van der Waals surface area contributed by atoms with Gasteiger partial charge in [-0.05, 0) is 86.5 Å². The number of aryl methyl sites for hydroxylation is 1. The number of nitrogens with one attached hydrogen (secondary N) is 1. The van der Waals surface area contributed by atoms with E-state index in [1.54, 1.807) is 24.3 Å². The fraction of sp³-hybridized carbons (Fsp3) is 0.308. The first-order chi connectivity index (χ1) is 15.4. The fourth-order valence-corrected chi connectivity index (χ4v) is 2.93. The molecule has 0 aliphatic heterocycles. The van der Waals surface area contributed by atoms with Crippen LogP contribution >= 0.6 is 0 Å². The van der Waals surface area contributed by atoms with Crippen LogP contribution in [-0.4, -0.2) is 47.2 Å². The van der Waals surface area contributed by atoms with Gasteiger partial charge in [-0.15, -0.1) is 0 Å². The topological polar surface area (TPSA) is 113 Å². The Kier molecular flexibility index (Phi) is 10.2. The molecule has 0 heterocycles. The lowest BCUT2D eigenvalue weighted by atomic mass is 10.1. The van der Waals surface area contributed by atoms with Crippen LogP contribution in [0.3, 0.4) is 0 Å². The Bertz CT molecular complexity index is 1020. The van der Waals surface area contributed by atoms with Crippen molar-refractivity contribution < 1.29 is 19.8 Å². The summed E-state index contributed by atoms with van der Waals surface area (Å²) in [5.74, 6) is 10.4. The molecule has 0 saturated heterocycles. The lowest BCUT2D eigenvalue weighted by Crippen LogP contribution is -2.48. The summed E-state index contributed by atoms with van der Waals surface area (Å²) in [5, 5.41) is 21.0. The Balaban J connectivity index is 1.95. The second-order valence-electron chi connectivity index (χ2n) is 7.34. The molecule has 2 rings (SSSR count). The number of unbranched alkanes of at least 4 members (excludes halogenated alkanes) is 1. The molecule has 0 fully saturated rings. The first-order valence-corrected chi connectivity index (χ1v) is 10.5. The summed E-state index contributed by atoms with van der Waals surface area (Å²) in [7, 11) is 0. The van der Waals surface area contributed by atoms with Crippen LogP contribution in [0.4, 0.5) is 0 Å². The van der Waals surface area contributed by atoms with E-state index in [-0.39, 0.29) is 0 Å². The molecule has 6 heteroatoms. The molecule has 2 atom stereocenters. The number of Topliss-reactive ketones (excluding diaryl/α,β-unsaturated/α-hetero) is 1. The van der Waals surface area contributed by atoms with Gasteiger partial charge in [0.2, 0.25) is 0 Å². The zero-order chi connectivity index (χ0) is 23.3. The second-order valence-corrected chi connectivity index (χ2v) is 7.34. The van der Waals surface area contributed by atoms with Crippen molar-refractivity contribution in [3.05, 3.63) is 70.8 Å². The van der Waals surface area contributed by atoms with Gasteiger partial charge in [-0.1, -0.05) is 24.0 Å². The molecule has 0 aromatic heterocycles. The Hall–Kier alpha value is -3.42. The van der Waals surface area contributed by atoms with E-state index in [4.69, 9.17) is 10.8 Å². The van der Waals surface area contributed by atoms with E-state index in [9.17, 15) is 14.7 Å². The summed E-state index contributed by atoms with van der Waals surface area (Å²) in [6.45, 7) is 1.33. The van der Waals surface area contributed by atoms with E-state index < -0.39 is 30.4 Å². The van der Waals surface area contributed by atoms with Gasteiger partial charge in [0.15, 0.2) is 5.78 Å². The van der Waals surface area contributed by atoms with Crippen LogP contribution in [0, 0.1) is 23.7 Å². The van der Waals surface area contributed by atoms with Crippen LogP contribution in [0.5, 0.6) is 0 Å². The molecule has 0 spiro atoms. The number of carbonyl (C=O) groups excluding carboxylic acids is 2. The minimum Gasteiger partial charge on any atom is -0.391 e. The van der Waals surface area contributed by atoms with Gasteiger partial charge >= 0.3 is 0 Å². The summed E-state index contributed by atoms with van der Waals surface area (Å²) in [5.41, 5.74) is 8.66. The molecule has 166 valence electrons. The number of aliphatic hydroxyl groups excluding tert-OH is 2. The summed E-state index contributed by atoms with van der Waals surface area (Å²) >= 11 is 0. The molecular formula is C26H28N2O4. The van der Waals surface area contributed by atoms with Gasteiger partial charge in [0.25, 0.3) is 5.91 Å². The van der Waals surface area contributed by atoms with Crippen molar-refractivity contribution in [3.63, 3.8) is 0 Å². The number of ketones is 1. The zero-order valence-electron chi connectivity index (χ0n) is 18.1. The molecule has 0 bridgehead atoms. The van der Waals surface area contributed by atoms with Crippen molar-refractivity contribution in [2.45, 2.75) is 38.3 Å². The molecule has 0 saturated carbocycles. The van der Waals surface area contributed by atoms with Gasteiger partial charge in [-0.25, -0.2) is 0 Å². The molecule has 0 aliphatic rings. The van der Waals surface area contributed by atoms with Crippen LogP contribution in [0.2, 0.25) is 0 Å². The summed E-state index contributed by atoms with van der Waals surface area (Å²) in [4.78, 5) is 23.9. The highest BCUT2D eigenvalue weighted by molar-refractivity contribution is 5.98. The molecule has 2 aromatic rings. The number of benzene rings is 2. The first kappa shape index (κ1) is 24.8. The minimum atomic E-state index is -1.16. The second kappa shape index (κ2) is 13.1. The molecule has 5 N–H and O–H groups in total. The van der Waals surface area contributed by atoms with Gasteiger partial charge in [-0.2, -0.15) is 0 Å². The quantitative estimate of drug-likeness (QED) is 0.354. The molecule has 0 aliphatic carbocycles. The number of hydrogen-bond donors (Lipinski definition) is 4. The van der Waals surface area contributed by atoms with Gasteiger partial charge in [-0.3, -0.25) is 9.59 Å². The summed E-state index contributed by atoms with van der Waals surface area (Å²) in [6.07, 6.45) is 2.00. The normalized spacial score (nSPS) is 11.9. The van der Waals surface area contributed by atoms with E-state index in [1.807, 2.05) is 12.1 Å². The maximum absolute atomic E-state index is 12.3. The highest BCUT2D eigenvalue weighted by Crippen LogP contribution is 2.07.